The molecule has 2 aromatic heterocycles. The number of aromatic nitrogens is 1. The number of oxazole rings is 1. The molecule has 0 unspecified atom stereocenters. The van der Waals surface area contributed by atoms with Crippen LogP contribution in [0.2, 0.25) is 5.02 Å². The van der Waals surface area contributed by atoms with E-state index in [1.165, 1.54) is 18.2 Å². The number of para-hydroxylation sites is 1. The zero-order chi connectivity index (χ0) is 22.9. The molecule has 8 nitrogen and oxygen atoms in total. The molecule has 5 aromatic rings. The van der Waals surface area contributed by atoms with Crippen molar-refractivity contribution < 1.29 is 18.6 Å². The van der Waals surface area contributed by atoms with Gasteiger partial charge in [-0.2, -0.15) is 0 Å². The minimum atomic E-state index is -0.506. The summed E-state index contributed by atoms with van der Waals surface area (Å²) in [5.41, 5.74) is 2.42. The predicted octanol–water partition coefficient (Wildman–Crippen LogP) is 6.57. The summed E-state index contributed by atoms with van der Waals surface area (Å²) in [6.45, 7) is 0. The van der Waals surface area contributed by atoms with Crippen molar-refractivity contribution in [2.24, 2.45) is 0 Å². The van der Waals surface area contributed by atoms with Crippen LogP contribution in [0.15, 0.2) is 87.7 Å². The molecule has 0 radical (unpaired) electrons. The minimum Gasteiger partial charge on any atom is -0.451 e. The van der Waals surface area contributed by atoms with Crippen molar-refractivity contribution in [2.45, 2.75) is 0 Å². The number of rotatable bonds is 5. The van der Waals surface area contributed by atoms with Gasteiger partial charge in [-0.3, -0.25) is 14.9 Å². The fourth-order valence-electron chi connectivity index (χ4n) is 3.39. The molecule has 1 N–H and O–H groups in total. The lowest BCUT2D eigenvalue weighted by Crippen LogP contribution is -2.10. The molecule has 2 heterocycles. The molecule has 0 aliphatic carbocycles. The van der Waals surface area contributed by atoms with Crippen LogP contribution in [0.1, 0.15) is 10.6 Å². The highest BCUT2D eigenvalue weighted by atomic mass is 35.5. The summed E-state index contributed by atoms with van der Waals surface area (Å²) in [4.78, 5) is 27.9. The summed E-state index contributed by atoms with van der Waals surface area (Å²) in [6.07, 6.45) is 0. The first-order chi connectivity index (χ1) is 16.0. The second kappa shape index (κ2) is 8.25. The van der Waals surface area contributed by atoms with Crippen LogP contribution >= 0.6 is 11.6 Å². The lowest BCUT2D eigenvalue weighted by molar-refractivity contribution is -0.384. The Labute approximate surface area is 191 Å². The highest BCUT2D eigenvalue weighted by Crippen LogP contribution is 2.32. The SMILES string of the molecule is O=C(Nc1ccc2oc(-c3ccccc3Cl)nc2c1)c1ccc(-c2ccccc2[N+](=O)[O-])o1. The Balaban J connectivity index is 1.39. The fourth-order valence-corrected chi connectivity index (χ4v) is 3.61. The van der Waals surface area contributed by atoms with Crippen molar-refractivity contribution in [1.82, 2.24) is 4.98 Å². The van der Waals surface area contributed by atoms with E-state index in [1.54, 1.807) is 48.5 Å². The average molecular weight is 460 g/mol. The Morgan fingerprint density at radius 2 is 1.70 bits per heavy atom. The Hall–Kier alpha value is -4.43. The van der Waals surface area contributed by atoms with Crippen molar-refractivity contribution in [3.05, 3.63) is 99.8 Å². The number of benzene rings is 3. The maximum atomic E-state index is 12.7. The number of furan rings is 1. The maximum Gasteiger partial charge on any atom is 0.291 e. The van der Waals surface area contributed by atoms with E-state index in [0.717, 1.165) is 0 Å². The lowest BCUT2D eigenvalue weighted by Gasteiger charge is -2.03. The number of nitrogens with one attached hydrogen (secondary N) is 1. The smallest absolute Gasteiger partial charge is 0.291 e. The van der Waals surface area contributed by atoms with E-state index in [-0.39, 0.29) is 22.8 Å². The van der Waals surface area contributed by atoms with Gasteiger partial charge in [-0.15, -0.1) is 0 Å². The van der Waals surface area contributed by atoms with Crippen molar-refractivity contribution in [3.8, 4) is 22.8 Å². The second-order valence-electron chi connectivity index (χ2n) is 7.07. The van der Waals surface area contributed by atoms with E-state index in [1.807, 2.05) is 12.1 Å². The molecular weight excluding hydrogens is 446 g/mol. The van der Waals surface area contributed by atoms with Gasteiger partial charge in [0.1, 0.15) is 11.3 Å². The number of halogens is 1. The molecule has 9 heteroatoms. The van der Waals surface area contributed by atoms with Crippen molar-refractivity contribution in [2.75, 3.05) is 5.32 Å². The largest absolute Gasteiger partial charge is 0.451 e. The molecule has 0 bridgehead atoms. The quantitative estimate of drug-likeness (QED) is 0.235. The molecule has 3 aromatic carbocycles. The predicted molar refractivity (Wildman–Crippen MR) is 123 cm³/mol. The molecule has 0 fully saturated rings. The number of carbonyl (C=O) groups excluding carboxylic acids is 1. The Morgan fingerprint density at radius 1 is 0.939 bits per heavy atom. The highest BCUT2D eigenvalue weighted by Gasteiger charge is 2.20. The third-order valence-electron chi connectivity index (χ3n) is 4.95. The van der Waals surface area contributed by atoms with Crippen LogP contribution < -0.4 is 5.32 Å². The fraction of sp³-hybridized carbons (Fsp3) is 0. The van der Waals surface area contributed by atoms with E-state index in [2.05, 4.69) is 10.3 Å². The third kappa shape index (κ3) is 3.95. The van der Waals surface area contributed by atoms with Gasteiger partial charge >= 0.3 is 0 Å². The molecule has 1 amide bonds. The van der Waals surface area contributed by atoms with Crippen LogP contribution in [-0.4, -0.2) is 15.8 Å². The van der Waals surface area contributed by atoms with Gasteiger partial charge in [-0.05, 0) is 48.5 Å². The van der Waals surface area contributed by atoms with Crippen molar-refractivity contribution in [3.63, 3.8) is 0 Å². The number of fused-ring (bicyclic) bond motifs is 1. The number of carbonyl (C=O) groups is 1. The summed E-state index contributed by atoms with van der Waals surface area (Å²) in [5.74, 6) is 0.108. The molecule has 0 aliphatic rings. The number of nitrogens with zero attached hydrogens (tertiary/aromatic N) is 2. The molecule has 0 aliphatic heterocycles. The molecule has 0 spiro atoms. The molecule has 0 saturated heterocycles. The van der Waals surface area contributed by atoms with Gasteiger partial charge in [0.2, 0.25) is 5.89 Å². The number of hydrogen-bond donors (Lipinski definition) is 1. The van der Waals surface area contributed by atoms with E-state index < -0.39 is 10.8 Å². The maximum absolute atomic E-state index is 12.7. The summed E-state index contributed by atoms with van der Waals surface area (Å²) in [5, 5.41) is 14.5. The first kappa shape index (κ1) is 20.5. The van der Waals surface area contributed by atoms with E-state index in [9.17, 15) is 14.9 Å². The number of hydrogen-bond acceptors (Lipinski definition) is 6. The van der Waals surface area contributed by atoms with Crippen LogP contribution in [0.4, 0.5) is 11.4 Å². The van der Waals surface area contributed by atoms with Gasteiger partial charge in [-0.25, -0.2) is 4.98 Å². The molecule has 33 heavy (non-hydrogen) atoms. The first-order valence-electron chi connectivity index (χ1n) is 9.80. The number of amides is 1. The summed E-state index contributed by atoms with van der Waals surface area (Å²) >= 11 is 6.22. The van der Waals surface area contributed by atoms with Gasteiger partial charge in [-0.1, -0.05) is 35.9 Å². The summed E-state index contributed by atoms with van der Waals surface area (Å²) in [7, 11) is 0. The zero-order valence-electron chi connectivity index (χ0n) is 16.8. The van der Waals surface area contributed by atoms with E-state index >= 15 is 0 Å². The molecule has 162 valence electrons. The van der Waals surface area contributed by atoms with Crippen LogP contribution in [0.3, 0.4) is 0 Å². The molecule has 0 saturated carbocycles. The minimum absolute atomic E-state index is 0.0140. The zero-order valence-corrected chi connectivity index (χ0v) is 17.6. The lowest BCUT2D eigenvalue weighted by atomic mass is 10.1. The van der Waals surface area contributed by atoms with Crippen LogP contribution in [0.25, 0.3) is 33.9 Å². The average Bonchev–Trinajstić information content (AvgIpc) is 3.46. The first-order valence-corrected chi connectivity index (χ1v) is 10.2. The summed E-state index contributed by atoms with van der Waals surface area (Å²) in [6, 6.07) is 21.4. The number of nitro groups is 1. The number of anilines is 1. The van der Waals surface area contributed by atoms with Crippen molar-refractivity contribution in [1.29, 1.82) is 0 Å². The third-order valence-corrected chi connectivity index (χ3v) is 5.28. The summed E-state index contributed by atoms with van der Waals surface area (Å²) < 4.78 is 11.4. The normalized spacial score (nSPS) is 10.9. The standard InChI is InChI=1S/C24H14ClN3O5/c25-17-7-3-1-5-15(17)24-27-18-13-14(9-10-21(18)33-24)26-23(29)22-12-11-20(32-22)16-6-2-4-8-19(16)28(30)31/h1-13H,(H,26,29). The van der Waals surface area contributed by atoms with E-state index in [0.29, 0.717) is 33.3 Å². The Morgan fingerprint density at radius 3 is 2.48 bits per heavy atom. The Kier molecular flexibility index (Phi) is 5.12. The van der Waals surface area contributed by atoms with Gasteiger partial charge < -0.3 is 14.2 Å². The van der Waals surface area contributed by atoms with E-state index in [4.69, 9.17) is 20.4 Å². The monoisotopic (exact) mass is 459 g/mol. The van der Waals surface area contributed by atoms with Crippen LogP contribution in [0.5, 0.6) is 0 Å². The van der Waals surface area contributed by atoms with Gasteiger partial charge in [0, 0.05) is 11.8 Å². The number of nitro benzene ring substituents is 1. The molecular formula is C24H14ClN3O5. The topological polar surface area (TPSA) is 111 Å². The highest BCUT2D eigenvalue weighted by molar-refractivity contribution is 6.33. The second-order valence-corrected chi connectivity index (χ2v) is 7.48. The molecule has 0 atom stereocenters. The van der Waals surface area contributed by atoms with Crippen molar-refractivity contribution >= 4 is 40.0 Å². The Bertz CT molecular complexity index is 1520. The van der Waals surface area contributed by atoms with Gasteiger partial charge in [0.05, 0.1) is 21.1 Å². The van der Waals surface area contributed by atoms with Gasteiger partial charge in [0.25, 0.3) is 11.6 Å². The van der Waals surface area contributed by atoms with Crippen LogP contribution in [0, 0.1) is 10.1 Å². The van der Waals surface area contributed by atoms with Gasteiger partial charge in [0.15, 0.2) is 11.3 Å². The van der Waals surface area contributed by atoms with Crippen LogP contribution in [-0.2, 0) is 0 Å². The molecule has 5 rings (SSSR count).